The number of benzene rings is 2. The largest absolute Gasteiger partial charge is 0.481 e. The van der Waals surface area contributed by atoms with E-state index in [0.717, 1.165) is 24.0 Å². The number of carbonyl (C=O) groups is 1. The topological polar surface area (TPSA) is 38.3 Å². The Labute approximate surface area is 125 Å². The average molecular weight is 283 g/mol. The molecule has 1 atom stereocenters. The third kappa shape index (κ3) is 3.35. The van der Waals surface area contributed by atoms with E-state index in [2.05, 4.69) is 11.4 Å². The van der Waals surface area contributed by atoms with Crippen LogP contribution < -0.4 is 10.1 Å². The van der Waals surface area contributed by atoms with Crippen molar-refractivity contribution in [2.24, 2.45) is 0 Å². The Morgan fingerprint density at radius 1 is 1.14 bits per heavy atom. The summed E-state index contributed by atoms with van der Waals surface area (Å²) in [6.07, 6.45) is 4.14. The maximum absolute atomic E-state index is 12.1. The second kappa shape index (κ2) is 6.17. The Morgan fingerprint density at radius 3 is 2.62 bits per heavy atom. The zero-order valence-corrected chi connectivity index (χ0v) is 12.3. The molecule has 3 nitrogen and oxygen atoms in total. The number of hydrogen-bond donors (Lipinski definition) is 1. The van der Waals surface area contributed by atoms with Crippen LogP contribution in [0, 0.1) is 0 Å². The van der Waals surface area contributed by atoms with Crippen LogP contribution in [0.3, 0.4) is 0 Å². The summed E-state index contributed by atoms with van der Waals surface area (Å²) in [5.41, 5.74) is 0. The minimum Gasteiger partial charge on any atom is -0.481 e. The Balaban J connectivity index is 1.64. The van der Waals surface area contributed by atoms with Gasteiger partial charge in [0.2, 0.25) is 0 Å². The van der Waals surface area contributed by atoms with E-state index in [9.17, 15) is 4.79 Å². The maximum atomic E-state index is 12.1. The number of carbonyl (C=O) groups excluding carboxylic acids is 1. The summed E-state index contributed by atoms with van der Waals surface area (Å²) in [6, 6.07) is 14.4. The first-order valence-electron chi connectivity index (χ1n) is 7.68. The molecule has 1 N–H and O–H groups in total. The van der Waals surface area contributed by atoms with Crippen molar-refractivity contribution in [3.63, 3.8) is 0 Å². The summed E-state index contributed by atoms with van der Waals surface area (Å²) in [5.74, 6) is 0.720. The van der Waals surface area contributed by atoms with E-state index < -0.39 is 6.10 Å². The lowest BCUT2D eigenvalue weighted by Crippen LogP contribution is -2.41. The van der Waals surface area contributed by atoms with E-state index in [1.165, 1.54) is 18.2 Å². The number of hydrogen-bond acceptors (Lipinski definition) is 2. The molecule has 1 amide bonds. The fourth-order valence-corrected chi connectivity index (χ4v) is 2.89. The first-order chi connectivity index (χ1) is 10.2. The SMILES string of the molecule is C[C@@H](Oc1ccc2ccccc2c1)C(=O)NC1CCCC1. The molecule has 3 rings (SSSR count). The number of amides is 1. The minimum atomic E-state index is -0.466. The van der Waals surface area contributed by atoms with Gasteiger partial charge in [-0.05, 0) is 42.7 Å². The van der Waals surface area contributed by atoms with E-state index in [0.29, 0.717) is 6.04 Å². The number of fused-ring (bicyclic) bond motifs is 1. The Kier molecular flexibility index (Phi) is 4.09. The van der Waals surface area contributed by atoms with Crippen molar-refractivity contribution < 1.29 is 9.53 Å². The van der Waals surface area contributed by atoms with Gasteiger partial charge in [-0.15, -0.1) is 0 Å². The number of rotatable bonds is 4. The second-order valence-electron chi connectivity index (χ2n) is 5.76. The highest BCUT2D eigenvalue weighted by Gasteiger charge is 2.21. The van der Waals surface area contributed by atoms with Gasteiger partial charge >= 0.3 is 0 Å². The third-order valence-corrected chi connectivity index (χ3v) is 4.10. The van der Waals surface area contributed by atoms with E-state index in [1.807, 2.05) is 36.4 Å². The summed E-state index contributed by atoms with van der Waals surface area (Å²) < 4.78 is 5.78. The first kappa shape index (κ1) is 13.9. The van der Waals surface area contributed by atoms with Gasteiger partial charge in [-0.2, -0.15) is 0 Å². The van der Waals surface area contributed by atoms with Gasteiger partial charge in [0.15, 0.2) is 6.10 Å². The quantitative estimate of drug-likeness (QED) is 0.929. The molecule has 0 aliphatic heterocycles. The van der Waals surface area contributed by atoms with Crippen LogP contribution in [-0.4, -0.2) is 18.1 Å². The molecule has 2 aromatic rings. The van der Waals surface area contributed by atoms with Crippen molar-refractivity contribution in [1.29, 1.82) is 0 Å². The van der Waals surface area contributed by atoms with Gasteiger partial charge in [0.25, 0.3) is 5.91 Å². The molecule has 21 heavy (non-hydrogen) atoms. The average Bonchev–Trinajstić information content (AvgIpc) is 3.00. The van der Waals surface area contributed by atoms with Crippen LogP contribution in [0.2, 0.25) is 0 Å². The summed E-state index contributed by atoms with van der Waals surface area (Å²) in [6.45, 7) is 1.81. The van der Waals surface area contributed by atoms with Crippen molar-refractivity contribution in [2.75, 3.05) is 0 Å². The van der Waals surface area contributed by atoms with Gasteiger partial charge in [0.1, 0.15) is 5.75 Å². The van der Waals surface area contributed by atoms with E-state index in [-0.39, 0.29) is 5.91 Å². The smallest absolute Gasteiger partial charge is 0.260 e. The Bertz CT molecular complexity index is 632. The van der Waals surface area contributed by atoms with Crippen molar-refractivity contribution in [3.8, 4) is 5.75 Å². The van der Waals surface area contributed by atoms with Crippen LogP contribution in [-0.2, 0) is 4.79 Å². The summed E-state index contributed by atoms with van der Waals surface area (Å²) >= 11 is 0. The van der Waals surface area contributed by atoms with E-state index >= 15 is 0 Å². The van der Waals surface area contributed by atoms with Gasteiger partial charge in [-0.3, -0.25) is 4.79 Å². The highest BCUT2D eigenvalue weighted by molar-refractivity contribution is 5.84. The molecule has 1 saturated carbocycles. The van der Waals surface area contributed by atoms with Crippen LogP contribution >= 0.6 is 0 Å². The number of nitrogens with one attached hydrogen (secondary N) is 1. The minimum absolute atomic E-state index is 0.0185. The molecule has 0 aromatic heterocycles. The molecule has 0 unspecified atom stereocenters. The highest BCUT2D eigenvalue weighted by atomic mass is 16.5. The molecule has 0 saturated heterocycles. The molecule has 0 radical (unpaired) electrons. The standard InChI is InChI=1S/C18H21NO2/c1-13(18(20)19-16-8-4-5-9-16)21-17-11-10-14-6-2-3-7-15(14)12-17/h2-3,6-7,10-13,16H,4-5,8-9H2,1H3,(H,19,20)/t13-/m1/s1. The highest BCUT2D eigenvalue weighted by Crippen LogP contribution is 2.22. The van der Waals surface area contributed by atoms with Crippen LogP contribution in [0.4, 0.5) is 0 Å². The van der Waals surface area contributed by atoms with Crippen LogP contribution in [0.25, 0.3) is 10.8 Å². The normalized spacial score (nSPS) is 16.8. The zero-order chi connectivity index (χ0) is 14.7. The number of ether oxygens (including phenoxy) is 1. The molecule has 0 spiro atoms. The maximum Gasteiger partial charge on any atom is 0.260 e. The van der Waals surface area contributed by atoms with Gasteiger partial charge in [0.05, 0.1) is 0 Å². The van der Waals surface area contributed by atoms with Crippen molar-refractivity contribution in [1.82, 2.24) is 5.32 Å². The fraction of sp³-hybridized carbons (Fsp3) is 0.389. The molecule has 2 aromatic carbocycles. The lowest BCUT2D eigenvalue weighted by Gasteiger charge is -2.18. The predicted molar refractivity (Wildman–Crippen MR) is 84.4 cm³/mol. The molecule has 1 aliphatic carbocycles. The molecule has 1 fully saturated rings. The molecule has 0 bridgehead atoms. The molecule has 110 valence electrons. The zero-order valence-electron chi connectivity index (χ0n) is 12.3. The van der Waals surface area contributed by atoms with Crippen LogP contribution in [0.5, 0.6) is 5.75 Å². The van der Waals surface area contributed by atoms with Crippen LogP contribution in [0.1, 0.15) is 32.6 Å². The van der Waals surface area contributed by atoms with Gasteiger partial charge in [0, 0.05) is 6.04 Å². The lowest BCUT2D eigenvalue weighted by atomic mass is 10.1. The summed E-state index contributed by atoms with van der Waals surface area (Å²) in [7, 11) is 0. The first-order valence-corrected chi connectivity index (χ1v) is 7.68. The van der Waals surface area contributed by atoms with Gasteiger partial charge < -0.3 is 10.1 Å². The third-order valence-electron chi connectivity index (χ3n) is 4.10. The Hall–Kier alpha value is -2.03. The molecular weight excluding hydrogens is 262 g/mol. The summed E-state index contributed by atoms with van der Waals surface area (Å²) in [4.78, 5) is 12.1. The van der Waals surface area contributed by atoms with E-state index in [4.69, 9.17) is 4.74 Å². The molecule has 3 heteroatoms. The monoisotopic (exact) mass is 283 g/mol. The van der Waals surface area contributed by atoms with Crippen molar-refractivity contribution in [3.05, 3.63) is 42.5 Å². The van der Waals surface area contributed by atoms with Gasteiger partial charge in [-0.25, -0.2) is 0 Å². The molecule has 1 aliphatic rings. The summed E-state index contributed by atoms with van der Waals surface area (Å²) in [5, 5.41) is 5.37. The lowest BCUT2D eigenvalue weighted by molar-refractivity contribution is -0.127. The van der Waals surface area contributed by atoms with Gasteiger partial charge in [-0.1, -0.05) is 43.2 Å². The van der Waals surface area contributed by atoms with Crippen molar-refractivity contribution in [2.45, 2.75) is 44.8 Å². The van der Waals surface area contributed by atoms with E-state index in [1.54, 1.807) is 6.92 Å². The van der Waals surface area contributed by atoms with Crippen molar-refractivity contribution >= 4 is 16.7 Å². The molecular formula is C18H21NO2. The Morgan fingerprint density at radius 2 is 1.86 bits per heavy atom. The second-order valence-corrected chi connectivity index (χ2v) is 5.76. The fourth-order valence-electron chi connectivity index (χ4n) is 2.89. The predicted octanol–water partition coefficient (Wildman–Crippen LogP) is 3.67. The van der Waals surface area contributed by atoms with Crippen LogP contribution in [0.15, 0.2) is 42.5 Å². The molecule has 0 heterocycles.